The van der Waals surface area contributed by atoms with E-state index in [1.54, 1.807) is 30.2 Å². The van der Waals surface area contributed by atoms with Gasteiger partial charge in [0.25, 0.3) is 0 Å². The fourth-order valence-electron chi connectivity index (χ4n) is 2.88. The molecule has 0 radical (unpaired) electrons. The first-order valence-corrected chi connectivity index (χ1v) is 9.10. The van der Waals surface area contributed by atoms with E-state index in [2.05, 4.69) is 15.5 Å². The van der Waals surface area contributed by atoms with Crippen LogP contribution in [0.15, 0.2) is 24.3 Å². The van der Waals surface area contributed by atoms with Gasteiger partial charge in [0.15, 0.2) is 5.01 Å². The number of amides is 2. The summed E-state index contributed by atoms with van der Waals surface area (Å²) in [5.41, 5.74) is 0.469. The summed E-state index contributed by atoms with van der Waals surface area (Å²) in [6.45, 7) is 2.32. The van der Waals surface area contributed by atoms with Crippen molar-refractivity contribution in [2.24, 2.45) is 0 Å². The van der Waals surface area contributed by atoms with E-state index in [1.807, 2.05) is 0 Å². The lowest BCUT2D eigenvalue weighted by atomic mass is 9.99. The van der Waals surface area contributed by atoms with E-state index >= 15 is 0 Å². The number of methoxy groups -OCH3 is 1. The summed E-state index contributed by atoms with van der Waals surface area (Å²) in [7, 11) is 1.60. The summed E-state index contributed by atoms with van der Waals surface area (Å²) in [6, 6.07) is 6.48. The lowest BCUT2D eigenvalue weighted by molar-refractivity contribution is 0.168. The van der Waals surface area contributed by atoms with Gasteiger partial charge in [0, 0.05) is 38.2 Å². The number of nitrogens with zero attached hydrogens (tertiary/aromatic N) is 3. The van der Waals surface area contributed by atoms with Crippen molar-refractivity contribution in [1.29, 1.82) is 0 Å². The number of aromatic nitrogens is 2. The molecule has 1 unspecified atom stereocenters. The van der Waals surface area contributed by atoms with Gasteiger partial charge in [0.05, 0.1) is 6.61 Å². The lowest BCUT2D eigenvalue weighted by Gasteiger charge is -2.31. The second-order valence-corrected chi connectivity index (χ2v) is 6.94. The Bertz CT molecular complexity index is 724. The first-order valence-electron chi connectivity index (χ1n) is 8.29. The molecule has 0 aliphatic carbocycles. The zero-order valence-corrected chi connectivity index (χ0v) is 14.9. The van der Waals surface area contributed by atoms with Crippen LogP contribution in [0.5, 0.6) is 0 Å². The average Bonchev–Trinajstić information content (AvgIpc) is 3.12. The van der Waals surface area contributed by atoms with Crippen LogP contribution in [0, 0.1) is 5.82 Å². The predicted octanol–water partition coefficient (Wildman–Crippen LogP) is 2.88. The van der Waals surface area contributed by atoms with E-state index in [0.717, 1.165) is 24.4 Å². The van der Waals surface area contributed by atoms with Gasteiger partial charge in [-0.2, -0.15) is 0 Å². The highest BCUT2D eigenvalue weighted by atomic mass is 32.1. The highest BCUT2D eigenvalue weighted by Gasteiger charge is 2.27. The van der Waals surface area contributed by atoms with Gasteiger partial charge >= 0.3 is 6.03 Å². The van der Waals surface area contributed by atoms with Crippen molar-refractivity contribution in [3.8, 4) is 10.6 Å². The smallest absolute Gasteiger partial charge is 0.317 e. The third-order valence-electron chi connectivity index (χ3n) is 4.19. The van der Waals surface area contributed by atoms with Crippen molar-refractivity contribution in [2.45, 2.75) is 18.8 Å². The van der Waals surface area contributed by atoms with Gasteiger partial charge in [-0.1, -0.05) is 23.5 Å². The van der Waals surface area contributed by atoms with E-state index in [9.17, 15) is 9.18 Å². The molecule has 1 atom stereocenters. The zero-order chi connectivity index (χ0) is 17.6. The van der Waals surface area contributed by atoms with Crippen molar-refractivity contribution in [3.63, 3.8) is 0 Å². The Kier molecular flexibility index (Phi) is 5.93. The summed E-state index contributed by atoms with van der Waals surface area (Å²) in [5, 5.41) is 12.7. The molecule has 1 N–H and O–H groups in total. The monoisotopic (exact) mass is 364 g/mol. The van der Waals surface area contributed by atoms with Crippen LogP contribution >= 0.6 is 11.3 Å². The molecule has 2 aromatic rings. The van der Waals surface area contributed by atoms with Gasteiger partial charge < -0.3 is 15.0 Å². The molecule has 2 heterocycles. The summed E-state index contributed by atoms with van der Waals surface area (Å²) in [4.78, 5) is 14.0. The predicted molar refractivity (Wildman–Crippen MR) is 94.1 cm³/mol. The Morgan fingerprint density at radius 3 is 3.08 bits per heavy atom. The van der Waals surface area contributed by atoms with Gasteiger partial charge in [0.1, 0.15) is 10.8 Å². The standard InChI is InChI=1S/C17H21FN4O2S/c1-24-10-8-19-17(23)22-9-4-5-12(11-22)15-20-21-16(25-15)13-6-2-3-7-14(13)18/h2-3,6-7,12H,4-5,8-11H2,1H3,(H,19,23). The zero-order valence-electron chi connectivity index (χ0n) is 14.1. The maximum absolute atomic E-state index is 13.9. The second-order valence-electron chi connectivity index (χ2n) is 5.94. The van der Waals surface area contributed by atoms with E-state index in [4.69, 9.17) is 4.74 Å². The molecule has 1 aliphatic rings. The third-order valence-corrected chi connectivity index (χ3v) is 5.30. The van der Waals surface area contributed by atoms with Crippen molar-refractivity contribution in [3.05, 3.63) is 35.1 Å². The van der Waals surface area contributed by atoms with Crippen LogP contribution in [0.4, 0.5) is 9.18 Å². The molecule has 3 rings (SSSR count). The Labute approximate surface area is 150 Å². The minimum Gasteiger partial charge on any atom is -0.383 e. The number of likely N-dealkylation sites (tertiary alicyclic amines) is 1. The molecule has 1 aromatic heterocycles. The minimum absolute atomic E-state index is 0.0828. The normalized spacial score (nSPS) is 17.5. The molecular formula is C17H21FN4O2S. The molecule has 0 saturated carbocycles. The molecule has 1 aromatic carbocycles. The Hall–Kier alpha value is -2.06. The van der Waals surface area contributed by atoms with Gasteiger partial charge in [-0.25, -0.2) is 9.18 Å². The number of ether oxygens (including phenoxy) is 1. The molecule has 8 heteroatoms. The maximum Gasteiger partial charge on any atom is 0.317 e. The first kappa shape index (κ1) is 17.8. The molecular weight excluding hydrogens is 343 g/mol. The van der Waals surface area contributed by atoms with E-state index < -0.39 is 0 Å². The number of benzene rings is 1. The molecule has 2 amide bonds. The SMILES string of the molecule is COCCNC(=O)N1CCCC(c2nnc(-c3ccccc3F)s2)C1. The van der Waals surface area contributed by atoms with Crippen molar-refractivity contribution in [1.82, 2.24) is 20.4 Å². The van der Waals surface area contributed by atoms with Crippen LogP contribution < -0.4 is 5.32 Å². The van der Waals surface area contributed by atoms with Crippen molar-refractivity contribution in [2.75, 3.05) is 33.4 Å². The molecule has 1 aliphatic heterocycles. The summed E-state index contributed by atoms with van der Waals surface area (Å²) in [6.07, 6.45) is 1.87. The topological polar surface area (TPSA) is 67.3 Å². The number of halogens is 1. The molecule has 1 fully saturated rings. The average molecular weight is 364 g/mol. The molecule has 134 valence electrons. The molecule has 1 saturated heterocycles. The Morgan fingerprint density at radius 1 is 1.44 bits per heavy atom. The van der Waals surface area contributed by atoms with Crippen LogP contribution in [0.25, 0.3) is 10.6 Å². The fourth-order valence-corrected chi connectivity index (χ4v) is 3.87. The summed E-state index contributed by atoms with van der Waals surface area (Å²) in [5.74, 6) is -0.159. The number of nitrogens with one attached hydrogen (secondary N) is 1. The first-order chi connectivity index (χ1) is 12.2. The van der Waals surface area contributed by atoms with Crippen LogP contribution in [0.2, 0.25) is 0 Å². The number of carbonyl (C=O) groups is 1. The Morgan fingerprint density at radius 2 is 2.28 bits per heavy atom. The highest BCUT2D eigenvalue weighted by Crippen LogP contribution is 2.33. The maximum atomic E-state index is 13.9. The van der Waals surface area contributed by atoms with Crippen LogP contribution in [0.1, 0.15) is 23.8 Å². The molecule has 6 nitrogen and oxygen atoms in total. The number of hydrogen-bond donors (Lipinski definition) is 1. The van der Waals surface area contributed by atoms with Gasteiger partial charge in [-0.15, -0.1) is 10.2 Å². The molecule has 25 heavy (non-hydrogen) atoms. The van der Waals surface area contributed by atoms with E-state index in [0.29, 0.717) is 30.3 Å². The largest absolute Gasteiger partial charge is 0.383 e. The van der Waals surface area contributed by atoms with Crippen LogP contribution in [0.3, 0.4) is 0 Å². The van der Waals surface area contributed by atoms with E-state index in [-0.39, 0.29) is 17.8 Å². The summed E-state index contributed by atoms with van der Waals surface area (Å²) >= 11 is 1.40. The summed E-state index contributed by atoms with van der Waals surface area (Å²) < 4.78 is 18.9. The Balaban J connectivity index is 1.66. The highest BCUT2D eigenvalue weighted by molar-refractivity contribution is 7.14. The number of hydrogen-bond acceptors (Lipinski definition) is 5. The number of carbonyl (C=O) groups excluding carboxylic acids is 1. The van der Waals surface area contributed by atoms with E-state index in [1.165, 1.54) is 17.4 Å². The van der Waals surface area contributed by atoms with Crippen LogP contribution in [-0.2, 0) is 4.74 Å². The van der Waals surface area contributed by atoms with Crippen molar-refractivity contribution < 1.29 is 13.9 Å². The fraction of sp³-hybridized carbons (Fsp3) is 0.471. The molecule has 0 bridgehead atoms. The van der Waals surface area contributed by atoms with Gasteiger partial charge in [-0.3, -0.25) is 0 Å². The van der Waals surface area contributed by atoms with Crippen LogP contribution in [-0.4, -0.2) is 54.5 Å². The van der Waals surface area contributed by atoms with Gasteiger partial charge in [0.2, 0.25) is 0 Å². The quantitative estimate of drug-likeness (QED) is 0.829. The molecule has 0 spiro atoms. The lowest BCUT2D eigenvalue weighted by Crippen LogP contribution is -2.45. The number of rotatable bonds is 5. The number of urea groups is 1. The second kappa shape index (κ2) is 8.35. The van der Waals surface area contributed by atoms with Crippen molar-refractivity contribution >= 4 is 17.4 Å². The third kappa shape index (κ3) is 4.32. The number of piperidine rings is 1. The van der Waals surface area contributed by atoms with Gasteiger partial charge in [-0.05, 0) is 25.0 Å². The minimum atomic E-state index is -0.298.